The number of halogens is 1. The van der Waals surface area contributed by atoms with Gasteiger partial charge in [-0.25, -0.2) is 9.59 Å². The molecule has 0 aliphatic carbocycles. The van der Waals surface area contributed by atoms with E-state index in [0.717, 1.165) is 5.52 Å². The summed E-state index contributed by atoms with van der Waals surface area (Å²) in [5.41, 5.74) is 2.90. The van der Waals surface area contributed by atoms with Crippen LogP contribution in [-0.2, 0) is 14.1 Å². The number of benzene rings is 3. The Bertz CT molecular complexity index is 1430. The first-order chi connectivity index (χ1) is 15.4. The number of nitrogens with one attached hydrogen (secondary N) is 2. The van der Waals surface area contributed by atoms with Gasteiger partial charge in [0.05, 0.1) is 27.7 Å². The highest BCUT2D eigenvalue weighted by atomic mass is 35.5. The number of carbonyl (C=O) groups excluding carboxylic acids is 1. The van der Waals surface area contributed by atoms with Crippen molar-refractivity contribution in [1.82, 2.24) is 9.13 Å². The van der Waals surface area contributed by atoms with Crippen molar-refractivity contribution in [2.75, 3.05) is 10.6 Å². The quantitative estimate of drug-likeness (QED) is 0.467. The van der Waals surface area contributed by atoms with Crippen LogP contribution in [0.4, 0.5) is 16.2 Å². The van der Waals surface area contributed by atoms with Gasteiger partial charge >= 0.3 is 11.7 Å². The van der Waals surface area contributed by atoms with Crippen molar-refractivity contribution in [3.8, 4) is 17.6 Å². The number of aryl methyl sites for hydroxylation is 2. The summed E-state index contributed by atoms with van der Waals surface area (Å²) in [5, 5.41) is 14.6. The van der Waals surface area contributed by atoms with E-state index in [1.54, 1.807) is 79.3 Å². The third-order valence-corrected chi connectivity index (χ3v) is 5.23. The lowest BCUT2D eigenvalue weighted by molar-refractivity contribution is 0.262. The zero-order valence-electron chi connectivity index (χ0n) is 17.2. The van der Waals surface area contributed by atoms with Crippen molar-refractivity contribution in [2.24, 2.45) is 14.1 Å². The van der Waals surface area contributed by atoms with Crippen molar-refractivity contribution in [1.29, 1.82) is 5.26 Å². The number of aromatic nitrogens is 2. The summed E-state index contributed by atoms with van der Waals surface area (Å²) < 4.78 is 8.79. The van der Waals surface area contributed by atoms with E-state index < -0.39 is 6.03 Å². The first kappa shape index (κ1) is 21.0. The van der Waals surface area contributed by atoms with Crippen molar-refractivity contribution >= 4 is 40.0 Å². The molecule has 1 aromatic heterocycles. The van der Waals surface area contributed by atoms with Crippen LogP contribution in [0.2, 0.25) is 5.02 Å². The minimum atomic E-state index is -0.456. The molecule has 0 aliphatic heterocycles. The highest BCUT2D eigenvalue weighted by Crippen LogP contribution is 2.32. The molecule has 0 fully saturated rings. The first-order valence-electron chi connectivity index (χ1n) is 9.57. The standard InChI is InChI=1S/C23H18ClN5O3/c1-28-19-9-5-16(12-20(19)29(2)23(28)31)27-22(30)26-15-6-10-21(18(24)11-15)32-17-7-3-14(13-25)4-8-17/h3-12H,1-2H3,(H2,26,27,30). The van der Waals surface area contributed by atoms with Gasteiger partial charge in [0.1, 0.15) is 11.5 Å². The van der Waals surface area contributed by atoms with Crippen molar-refractivity contribution in [3.63, 3.8) is 0 Å². The second kappa shape index (κ2) is 8.49. The molecular formula is C23H18ClN5O3. The number of rotatable bonds is 4. The monoisotopic (exact) mass is 447 g/mol. The number of carbonyl (C=O) groups is 1. The number of anilines is 2. The van der Waals surface area contributed by atoms with Gasteiger partial charge in [0.25, 0.3) is 0 Å². The second-order valence-electron chi connectivity index (χ2n) is 7.07. The fraction of sp³-hybridized carbons (Fsp3) is 0.0870. The van der Waals surface area contributed by atoms with Crippen LogP contribution in [0.5, 0.6) is 11.5 Å². The average molecular weight is 448 g/mol. The van der Waals surface area contributed by atoms with E-state index in [-0.39, 0.29) is 5.69 Å². The number of hydrogen-bond donors (Lipinski definition) is 2. The van der Waals surface area contributed by atoms with Gasteiger partial charge in [0.15, 0.2) is 0 Å². The highest BCUT2D eigenvalue weighted by molar-refractivity contribution is 6.32. The molecule has 9 heteroatoms. The minimum absolute atomic E-state index is 0.139. The molecule has 0 bridgehead atoms. The molecule has 8 nitrogen and oxygen atoms in total. The van der Waals surface area contributed by atoms with E-state index in [4.69, 9.17) is 21.6 Å². The Morgan fingerprint density at radius 2 is 1.56 bits per heavy atom. The molecule has 0 radical (unpaired) electrons. The number of nitriles is 1. The van der Waals surface area contributed by atoms with Crippen molar-refractivity contribution in [2.45, 2.75) is 0 Å². The Morgan fingerprint density at radius 3 is 2.22 bits per heavy atom. The molecule has 32 heavy (non-hydrogen) atoms. The average Bonchev–Trinajstić information content (AvgIpc) is 3.00. The topological polar surface area (TPSA) is 101 Å². The fourth-order valence-electron chi connectivity index (χ4n) is 3.26. The van der Waals surface area contributed by atoms with Crippen LogP contribution >= 0.6 is 11.6 Å². The molecule has 2 amide bonds. The Hall–Kier alpha value is -4.22. The fourth-order valence-corrected chi connectivity index (χ4v) is 3.48. The first-order valence-corrected chi connectivity index (χ1v) is 9.94. The molecule has 0 spiro atoms. The lowest BCUT2D eigenvalue weighted by Gasteiger charge is -2.11. The second-order valence-corrected chi connectivity index (χ2v) is 7.47. The van der Waals surface area contributed by atoms with E-state index >= 15 is 0 Å². The van der Waals surface area contributed by atoms with Crippen LogP contribution < -0.4 is 21.1 Å². The Kier molecular flexibility index (Phi) is 5.58. The molecule has 4 aromatic rings. The summed E-state index contributed by atoms with van der Waals surface area (Å²) >= 11 is 6.30. The predicted molar refractivity (Wildman–Crippen MR) is 123 cm³/mol. The van der Waals surface area contributed by atoms with Gasteiger partial charge in [0.2, 0.25) is 0 Å². The summed E-state index contributed by atoms with van der Waals surface area (Å²) in [7, 11) is 3.38. The number of hydrogen-bond acceptors (Lipinski definition) is 4. The maximum absolute atomic E-state index is 12.4. The SMILES string of the molecule is Cn1c(=O)n(C)c2cc(NC(=O)Nc3ccc(Oc4ccc(C#N)cc4)c(Cl)c3)ccc21. The third kappa shape index (κ3) is 4.15. The lowest BCUT2D eigenvalue weighted by Crippen LogP contribution is -2.19. The largest absolute Gasteiger partial charge is 0.456 e. The van der Waals surface area contributed by atoms with Gasteiger partial charge in [-0.05, 0) is 60.7 Å². The molecule has 1 heterocycles. The van der Waals surface area contributed by atoms with Gasteiger partial charge in [-0.1, -0.05) is 11.6 Å². The van der Waals surface area contributed by atoms with Crippen LogP contribution in [0.25, 0.3) is 11.0 Å². The zero-order chi connectivity index (χ0) is 22.8. The van der Waals surface area contributed by atoms with E-state index in [9.17, 15) is 9.59 Å². The van der Waals surface area contributed by atoms with Gasteiger partial charge in [-0.2, -0.15) is 5.26 Å². The van der Waals surface area contributed by atoms with Crippen LogP contribution in [-0.4, -0.2) is 15.2 Å². The Balaban J connectivity index is 1.44. The molecule has 0 saturated carbocycles. The summed E-state index contributed by atoms with van der Waals surface area (Å²) in [4.78, 5) is 24.5. The third-order valence-electron chi connectivity index (χ3n) is 4.93. The molecule has 2 N–H and O–H groups in total. The van der Waals surface area contributed by atoms with Gasteiger partial charge in [0, 0.05) is 25.5 Å². The summed E-state index contributed by atoms with van der Waals surface area (Å²) in [6.45, 7) is 0. The molecule has 160 valence electrons. The minimum Gasteiger partial charge on any atom is -0.456 e. The smallest absolute Gasteiger partial charge is 0.328 e. The molecule has 4 rings (SSSR count). The van der Waals surface area contributed by atoms with Crippen LogP contribution in [0.15, 0.2) is 65.5 Å². The highest BCUT2D eigenvalue weighted by Gasteiger charge is 2.11. The molecule has 0 unspecified atom stereocenters. The maximum Gasteiger partial charge on any atom is 0.328 e. The zero-order valence-corrected chi connectivity index (χ0v) is 18.0. The van der Waals surface area contributed by atoms with E-state index in [2.05, 4.69) is 10.6 Å². The molecule has 0 aliphatic rings. The number of urea groups is 1. The molecule has 0 atom stereocenters. The van der Waals surface area contributed by atoms with E-state index in [1.807, 2.05) is 6.07 Å². The van der Waals surface area contributed by atoms with Gasteiger partial charge in [-0.15, -0.1) is 0 Å². The van der Waals surface area contributed by atoms with Crippen molar-refractivity contribution in [3.05, 3.63) is 81.7 Å². The predicted octanol–water partition coefficient (Wildman–Crippen LogP) is 4.84. The number of fused-ring (bicyclic) bond motifs is 1. The maximum atomic E-state index is 12.4. The summed E-state index contributed by atoms with van der Waals surface area (Å²) in [6, 6.07) is 18.3. The lowest BCUT2D eigenvalue weighted by atomic mass is 10.2. The van der Waals surface area contributed by atoms with Crippen LogP contribution in [0.1, 0.15) is 5.56 Å². The normalized spacial score (nSPS) is 10.6. The van der Waals surface area contributed by atoms with E-state index in [1.165, 1.54) is 4.57 Å². The van der Waals surface area contributed by atoms with Gasteiger partial charge < -0.3 is 15.4 Å². The number of nitrogens with zero attached hydrogens (tertiary/aromatic N) is 3. The summed E-state index contributed by atoms with van der Waals surface area (Å²) in [5.74, 6) is 0.952. The molecule has 3 aromatic carbocycles. The Morgan fingerprint density at radius 1 is 0.938 bits per heavy atom. The molecular weight excluding hydrogens is 430 g/mol. The Labute approximate surface area is 188 Å². The number of imidazole rings is 1. The van der Waals surface area contributed by atoms with Gasteiger partial charge in [-0.3, -0.25) is 9.13 Å². The van der Waals surface area contributed by atoms with Crippen LogP contribution in [0, 0.1) is 11.3 Å². The molecule has 0 saturated heterocycles. The number of ether oxygens (including phenoxy) is 1. The number of amides is 2. The van der Waals surface area contributed by atoms with E-state index in [0.29, 0.717) is 39.0 Å². The van der Waals surface area contributed by atoms with Crippen molar-refractivity contribution < 1.29 is 9.53 Å². The van der Waals surface area contributed by atoms with Crippen LogP contribution in [0.3, 0.4) is 0 Å². The summed E-state index contributed by atoms with van der Waals surface area (Å²) in [6.07, 6.45) is 0.